The van der Waals surface area contributed by atoms with Gasteiger partial charge in [-0.25, -0.2) is 0 Å². The van der Waals surface area contributed by atoms with Gasteiger partial charge in [0.2, 0.25) is 0 Å². The molecule has 3 heterocycles. The van der Waals surface area contributed by atoms with Crippen LogP contribution < -0.4 is 26.2 Å². The van der Waals surface area contributed by atoms with Crippen LogP contribution in [0.1, 0.15) is 79.0 Å². The fourth-order valence-corrected chi connectivity index (χ4v) is 18.2. The van der Waals surface area contributed by atoms with Crippen LogP contribution in [0, 0.1) is 0 Å². The Morgan fingerprint density at radius 2 is 0.667 bits per heavy atom. The molecule has 108 heavy (non-hydrogen) atoms. The summed E-state index contributed by atoms with van der Waals surface area (Å²) in [7, 11) is 0. The molecule has 3 nitrogen and oxygen atoms in total. The zero-order valence-electron chi connectivity index (χ0n) is 62.7. The van der Waals surface area contributed by atoms with E-state index in [-0.39, 0.29) is 23.0 Å². The third-order valence-corrected chi connectivity index (χ3v) is 23.5. The Hall–Kier alpha value is -12.5. The smallest absolute Gasteiger partial charge is 0.252 e. The van der Waals surface area contributed by atoms with Crippen molar-refractivity contribution >= 4 is 122 Å². The zero-order valence-corrected chi connectivity index (χ0v) is 62.7. The summed E-state index contributed by atoms with van der Waals surface area (Å²) in [6.45, 7) is 20.8. The molecule has 0 fully saturated rings. The summed E-state index contributed by atoms with van der Waals surface area (Å²) in [5, 5.41) is 12.7. The maximum Gasteiger partial charge on any atom is 0.252 e. The molecule has 0 unspecified atom stereocenters. The van der Waals surface area contributed by atoms with Crippen LogP contribution in [0.15, 0.2) is 334 Å². The molecule has 1 aromatic heterocycles. The number of fused-ring (bicyclic) bond motifs is 9. The molecular weight excluding hydrogens is 1300 g/mol. The van der Waals surface area contributed by atoms with Crippen LogP contribution in [0.25, 0.3) is 137 Å². The van der Waals surface area contributed by atoms with Crippen LogP contribution in [0.5, 0.6) is 0 Å². The standard InChI is InChI=1S/C104H82BN3/c1-102(2,3)74-51-47-65(48-52-74)73-58-94-99-95(59-73)108(101-86(68-33-18-12-19-34-68)62-76(104(7,8)9)63-87(101)69-35-20-13-21-36-69)93-64-77(106-90-45-24-22-40-79(90)80-41-23-25-46-91(80)106)53-55-88(93)105(99)89-57-72(78-54-49-71-39-27-43-82-81-42-26-37-70-38-28-44-83(96(70)81)98(78)97(71)82)50-56-92(89)107(94)100-84(66-29-14-10-15-30-66)60-75(103(4,5)6)61-85(100)67-31-16-11-17-32-67/h10-64H,1-9H3. The minimum Gasteiger partial charge on any atom is -0.310 e. The highest BCUT2D eigenvalue weighted by Crippen LogP contribution is 2.56. The summed E-state index contributed by atoms with van der Waals surface area (Å²) in [5.41, 5.74) is 31.2. The molecule has 0 amide bonds. The Morgan fingerprint density at radius 1 is 0.241 bits per heavy atom. The maximum atomic E-state index is 2.74. The van der Waals surface area contributed by atoms with Crippen molar-refractivity contribution in [2.24, 2.45) is 0 Å². The second-order valence-corrected chi connectivity index (χ2v) is 33.2. The van der Waals surface area contributed by atoms with Crippen LogP contribution in [-0.2, 0) is 16.2 Å². The molecule has 0 saturated carbocycles. The summed E-state index contributed by atoms with van der Waals surface area (Å²) in [6, 6.07) is 128. The van der Waals surface area contributed by atoms with Crippen molar-refractivity contribution in [2.45, 2.75) is 78.6 Å². The first-order valence-corrected chi connectivity index (χ1v) is 38.3. The van der Waals surface area contributed by atoms with E-state index in [9.17, 15) is 0 Å². The van der Waals surface area contributed by atoms with Crippen LogP contribution in [-0.4, -0.2) is 11.3 Å². The molecule has 0 radical (unpaired) electrons. The Morgan fingerprint density at radius 3 is 1.16 bits per heavy atom. The van der Waals surface area contributed by atoms with Gasteiger partial charge in [0, 0.05) is 61.5 Å². The number of hydrogen-bond donors (Lipinski definition) is 0. The molecule has 0 N–H and O–H groups in total. The van der Waals surface area contributed by atoms with Gasteiger partial charge in [-0.05, 0) is 204 Å². The van der Waals surface area contributed by atoms with Gasteiger partial charge in [-0.3, -0.25) is 0 Å². The van der Waals surface area contributed by atoms with Gasteiger partial charge in [0.1, 0.15) is 0 Å². The van der Waals surface area contributed by atoms with E-state index >= 15 is 0 Å². The Kier molecular flexibility index (Phi) is 14.8. The van der Waals surface area contributed by atoms with Crippen LogP contribution in [0.4, 0.5) is 34.1 Å². The van der Waals surface area contributed by atoms with Crippen molar-refractivity contribution in [3.63, 3.8) is 0 Å². The molecule has 2 aliphatic heterocycles. The van der Waals surface area contributed by atoms with E-state index in [4.69, 9.17) is 0 Å². The Labute approximate surface area is 633 Å². The predicted octanol–water partition coefficient (Wildman–Crippen LogP) is 26.8. The lowest BCUT2D eigenvalue weighted by Crippen LogP contribution is -2.61. The summed E-state index contributed by atoms with van der Waals surface area (Å²) >= 11 is 0. The van der Waals surface area contributed by atoms with E-state index in [0.717, 1.165) is 84.3 Å². The number of anilines is 6. The van der Waals surface area contributed by atoms with Gasteiger partial charge in [-0.2, -0.15) is 0 Å². The molecule has 18 aromatic rings. The minimum absolute atomic E-state index is 0.0615. The van der Waals surface area contributed by atoms with Gasteiger partial charge in [-0.1, -0.05) is 329 Å². The third-order valence-electron chi connectivity index (χ3n) is 23.5. The highest BCUT2D eigenvalue weighted by molar-refractivity contribution is 7.00. The lowest BCUT2D eigenvalue weighted by atomic mass is 9.33. The molecular formula is C104H82BN3. The summed E-state index contributed by atoms with van der Waals surface area (Å²) in [4.78, 5) is 5.47. The largest absolute Gasteiger partial charge is 0.310 e. The highest BCUT2D eigenvalue weighted by Gasteiger charge is 2.46. The number of benzene rings is 17. The van der Waals surface area contributed by atoms with Crippen molar-refractivity contribution in [1.29, 1.82) is 0 Å². The van der Waals surface area contributed by atoms with Crippen molar-refractivity contribution < 1.29 is 0 Å². The van der Waals surface area contributed by atoms with Gasteiger partial charge in [0.05, 0.1) is 22.4 Å². The molecule has 0 bridgehead atoms. The molecule has 0 aliphatic carbocycles. The van der Waals surface area contributed by atoms with E-state index < -0.39 is 0 Å². The number of para-hydroxylation sites is 2. The molecule has 2 aliphatic rings. The third kappa shape index (κ3) is 10.3. The SMILES string of the molecule is CC(C)(C)c1ccc(-c2cc3c4c(c2)N(c2c(-c5ccccc5)cc(C(C)(C)C)cc2-c2ccccc2)c2cc(-n5c6ccccc6c6ccccc65)ccc2B4c2cc(-c4ccc5cccc6c7cccc8cccc(c4c56)c87)ccc2N3c2c(-c3ccccc3)cc(C(C)(C)C)cc2-c2ccccc2)cc1. The molecule has 0 atom stereocenters. The van der Waals surface area contributed by atoms with Crippen LogP contribution in [0.2, 0.25) is 0 Å². The van der Waals surface area contributed by atoms with Gasteiger partial charge in [-0.15, -0.1) is 0 Å². The first-order chi connectivity index (χ1) is 52.5. The number of hydrogen-bond acceptors (Lipinski definition) is 2. The molecule has 516 valence electrons. The predicted molar refractivity (Wildman–Crippen MR) is 465 cm³/mol. The first kappa shape index (κ1) is 65.1. The van der Waals surface area contributed by atoms with Gasteiger partial charge >= 0.3 is 0 Å². The highest BCUT2D eigenvalue weighted by atomic mass is 15.2. The van der Waals surface area contributed by atoms with E-state index in [0.29, 0.717) is 0 Å². The normalized spacial score (nSPS) is 13.0. The van der Waals surface area contributed by atoms with Gasteiger partial charge in [0.15, 0.2) is 0 Å². The fraction of sp³-hybridized carbons (Fsp3) is 0.115. The lowest BCUT2D eigenvalue weighted by Gasteiger charge is -2.46. The monoisotopic (exact) mass is 1380 g/mol. The summed E-state index contributed by atoms with van der Waals surface area (Å²) < 4.78 is 2.51. The topological polar surface area (TPSA) is 11.4 Å². The van der Waals surface area contributed by atoms with Gasteiger partial charge in [0.25, 0.3) is 6.71 Å². The molecule has 4 heteroatoms. The van der Waals surface area contributed by atoms with Crippen molar-refractivity contribution in [3.05, 3.63) is 350 Å². The maximum absolute atomic E-state index is 2.74. The summed E-state index contributed by atoms with van der Waals surface area (Å²) in [5.74, 6) is 0. The molecule has 0 spiro atoms. The number of nitrogens with zero attached hydrogens (tertiary/aromatic N) is 3. The van der Waals surface area contributed by atoms with Crippen molar-refractivity contribution in [3.8, 4) is 72.4 Å². The van der Waals surface area contributed by atoms with Crippen molar-refractivity contribution in [2.75, 3.05) is 9.80 Å². The van der Waals surface area contributed by atoms with Crippen LogP contribution >= 0.6 is 0 Å². The van der Waals surface area contributed by atoms with E-state index in [2.05, 4.69) is 410 Å². The second-order valence-electron chi connectivity index (χ2n) is 33.2. The zero-order chi connectivity index (χ0) is 73.1. The molecule has 20 rings (SSSR count). The second kappa shape index (κ2) is 24.5. The number of aromatic nitrogens is 1. The van der Waals surface area contributed by atoms with E-state index in [1.165, 1.54) is 120 Å². The quantitative estimate of drug-likeness (QED) is 0.0811. The lowest BCUT2D eigenvalue weighted by molar-refractivity contribution is 0.590. The van der Waals surface area contributed by atoms with Crippen LogP contribution in [0.3, 0.4) is 0 Å². The molecule has 0 saturated heterocycles. The van der Waals surface area contributed by atoms with Crippen molar-refractivity contribution in [1.82, 2.24) is 4.57 Å². The summed E-state index contributed by atoms with van der Waals surface area (Å²) in [6.07, 6.45) is 0. The molecule has 17 aromatic carbocycles. The fourth-order valence-electron chi connectivity index (χ4n) is 18.2. The minimum atomic E-state index is -0.295. The Balaban J connectivity index is 0.990. The Bertz CT molecular complexity index is 6470. The van der Waals surface area contributed by atoms with E-state index in [1.54, 1.807) is 0 Å². The average molecular weight is 1380 g/mol. The van der Waals surface area contributed by atoms with Gasteiger partial charge < -0.3 is 14.4 Å². The number of rotatable bonds is 9. The first-order valence-electron chi connectivity index (χ1n) is 38.3. The average Bonchev–Trinajstić information content (AvgIpc) is 0.928. The van der Waals surface area contributed by atoms with E-state index in [1.807, 2.05) is 0 Å².